The largest absolute Gasteiger partial charge is 0.416 e. The molecule has 0 unspecified atom stereocenters. The van der Waals surface area contributed by atoms with Crippen molar-refractivity contribution in [2.24, 2.45) is 0 Å². The molecule has 8 aromatic rings. The number of benzene rings is 6. The molecule has 2 heterocycles. The van der Waals surface area contributed by atoms with Gasteiger partial charge in [0.1, 0.15) is 12.7 Å². The summed E-state index contributed by atoms with van der Waals surface area (Å²) >= 11 is 0. The number of rotatable bonds is 4. The molecule has 56 heavy (non-hydrogen) atoms. The van der Waals surface area contributed by atoms with Crippen molar-refractivity contribution in [1.82, 2.24) is 19.9 Å². The van der Waals surface area contributed by atoms with Gasteiger partial charge < -0.3 is 0 Å². The second kappa shape index (κ2) is 12.6. The highest BCUT2D eigenvalue weighted by molar-refractivity contribution is 6.33. The van der Waals surface area contributed by atoms with Gasteiger partial charge in [0.05, 0.1) is 44.3 Å². The van der Waals surface area contributed by atoms with Crippen LogP contribution in [0.5, 0.6) is 0 Å². The highest BCUT2D eigenvalue weighted by atomic mass is 19.4. The maximum atomic E-state index is 13.7. The van der Waals surface area contributed by atoms with Crippen molar-refractivity contribution in [1.29, 1.82) is 0 Å². The summed E-state index contributed by atoms with van der Waals surface area (Å²) in [6.07, 6.45) is -16.7. The lowest BCUT2D eigenvalue weighted by molar-refractivity contribution is -0.138. The van der Waals surface area contributed by atoms with E-state index in [-0.39, 0.29) is 77.3 Å². The summed E-state index contributed by atoms with van der Waals surface area (Å²) in [6, 6.07) is 15.8. The zero-order chi connectivity index (χ0) is 39.9. The van der Waals surface area contributed by atoms with E-state index >= 15 is 0 Å². The van der Waals surface area contributed by atoms with Gasteiger partial charge in [-0.05, 0) is 70.8 Å². The molecule has 0 N–H and O–H groups in total. The smallest absolute Gasteiger partial charge is 0.236 e. The normalized spacial score (nSPS) is 13.0. The Balaban J connectivity index is 1.55. The zero-order valence-electron chi connectivity index (χ0n) is 27.7. The van der Waals surface area contributed by atoms with Crippen LogP contribution in [0, 0.1) is 0 Å². The predicted molar refractivity (Wildman–Crippen MR) is 183 cm³/mol. The Bertz CT molecular complexity index is 2380. The van der Waals surface area contributed by atoms with E-state index in [1.807, 2.05) is 0 Å². The Morgan fingerprint density at radius 3 is 0.607 bits per heavy atom. The molecular weight excluding hydrogens is 764 g/mol. The van der Waals surface area contributed by atoms with Crippen LogP contribution in [0.1, 0.15) is 22.3 Å². The molecule has 4 nitrogen and oxygen atoms in total. The van der Waals surface area contributed by atoms with Gasteiger partial charge in [0.15, 0.2) is 0 Å². The van der Waals surface area contributed by atoms with Gasteiger partial charge in [-0.15, -0.1) is 0 Å². The van der Waals surface area contributed by atoms with E-state index in [2.05, 4.69) is 19.9 Å². The third kappa shape index (κ3) is 6.18. The Hall–Kier alpha value is -6.32. The number of hydrogen-bond acceptors (Lipinski definition) is 4. The van der Waals surface area contributed by atoms with Crippen LogP contribution in [0.2, 0.25) is 0 Å². The maximum Gasteiger partial charge on any atom is 0.416 e. The number of aromatic nitrogens is 4. The molecule has 0 amide bonds. The van der Waals surface area contributed by atoms with Crippen LogP contribution in [0.15, 0.2) is 110 Å². The minimum Gasteiger partial charge on any atom is -0.236 e. The van der Waals surface area contributed by atoms with Crippen LogP contribution in [-0.2, 0) is 24.7 Å². The highest BCUT2D eigenvalue weighted by Gasteiger charge is 2.35. The minimum atomic E-state index is -4.71. The Labute approximate surface area is 306 Å². The zero-order valence-corrected chi connectivity index (χ0v) is 27.7. The van der Waals surface area contributed by atoms with Crippen molar-refractivity contribution in [3.63, 3.8) is 0 Å². The predicted octanol–water partition coefficient (Wildman–Crippen LogP) is 12.9. The van der Waals surface area contributed by atoms with Crippen LogP contribution in [-0.4, -0.2) is 19.9 Å². The molecule has 6 aromatic carbocycles. The first-order valence-electron chi connectivity index (χ1n) is 16.2. The summed E-state index contributed by atoms with van der Waals surface area (Å²) in [6.45, 7) is 0. The fourth-order valence-corrected chi connectivity index (χ4v) is 6.90. The Morgan fingerprint density at radius 1 is 0.268 bits per heavy atom. The number of nitrogens with zero attached hydrogens (tertiary/aromatic N) is 4. The van der Waals surface area contributed by atoms with Gasteiger partial charge in [0.2, 0.25) is 0 Å². The molecule has 0 aliphatic rings. The van der Waals surface area contributed by atoms with Crippen LogP contribution >= 0.6 is 0 Å². The van der Waals surface area contributed by atoms with Gasteiger partial charge in [-0.1, -0.05) is 48.5 Å². The molecule has 0 spiro atoms. The monoisotopic (exact) mass is 782 g/mol. The van der Waals surface area contributed by atoms with Gasteiger partial charge in [-0.2, -0.15) is 52.7 Å². The molecule has 2 aromatic heterocycles. The molecule has 0 saturated carbocycles. The van der Waals surface area contributed by atoms with E-state index in [0.717, 1.165) is 110 Å². The molecule has 16 heteroatoms. The van der Waals surface area contributed by atoms with Gasteiger partial charge in [-0.25, -0.2) is 19.9 Å². The van der Waals surface area contributed by atoms with Crippen molar-refractivity contribution in [2.75, 3.05) is 0 Å². The molecule has 0 bridgehead atoms. The van der Waals surface area contributed by atoms with Crippen molar-refractivity contribution >= 4 is 32.8 Å². The molecule has 282 valence electrons. The second-order valence-electron chi connectivity index (χ2n) is 12.7. The lowest BCUT2D eigenvalue weighted by atomic mass is 9.83. The lowest BCUT2D eigenvalue weighted by Crippen LogP contribution is -2.06. The third-order valence-corrected chi connectivity index (χ3v) is 9.40. The first-order chi connectivity index (χ1) is 26.3. The Morgan fingerprint density at radius 2 is 0.446 bits per heavy atom. The first kappa shape index (κ1) is 36.6. The quantitative estimate of drug-likeness (QED) is 0.132. The van der Waals surface area contributed by atoms with E-state index in [1.165, 1.54) is 0 Å². The van der Waals surface area contributed by atoms with Crippen LogP contribution < -0.4 is 0 Å². The molecule has 0 fully saturated rings. The topological polar surface area (TPSA) is 51.6 Å². The summed E-state index contributed by atoms with van der Waals surface area (Å²) in [5, 5.41) is 0.378. The number of hydrogen-bond donors (Lipinski definition) is 0. The number of halogens is 12. The minimum absolute atomic E-state index is 0.0732. The maximum absolute atomic E-state index is 13.7. The summed E-state index contributed by atoms with van der Waals surface area (Å²) in [4.78, 5) is 18.0. The standard InChI is InChI=1S/C40H18F12N4/c41-37(42,43)23-9-1-19(2-10-23)27-28(20-3-11-24(12-4-20)38(44,45)46)34-32-31-33(27)53-17-55-35(31)29(21-5-13-25(14-6-21)39(47,48)49)30(36(32)56-18-54-34)22-7-15-26(16-8-22)40(50,51)52/h1-18H. The SMILES string of the molecule is FC(F)(F)c1ccc(-c2c(-c3ccc(C(F)(F)F)cc3)c3ncnc4c(-c5ccc(C(F)(F)F)cc5)c(-c5ccc(C(F)(F)F)cc5)c5ncnc2c5c34)cc1. The molecule has 0 radical (unpaired) electrons. The fourth-order valence-electron chi connectivity index (χ4n) is 6.90. The average Bonchev–Trinajstić information content (AvgIpc) is 3.15. The van der Waals surface area contributed by atoms with Crippen molar-refractivity contribution in [2.45, 2.75) is 24.7 Å². The summed E-state index contributed by atoms with van der Waals surface area (Å²) in [5.74, 6) is 0. The van der Waals surface area contributed by atoms with Gasteiger partial charge in [0, 0.05) is 33.0 Å². The molecule has 0 saturated heterocycles. The van der Waals surface area contributed by atoms with Crippen LogP contribution in [0.4, 0.5) is 52.7 Å². The lowest BCUT2D eigenvalue weighted by Gasteiger charge is -2.23. The van der Waals surface area contributed by atoms with Crippen molar-refractivity contribution in [3.05, 3.63) is 132 Å². The fraction of sp³-hybridized carbons (Fsp3) is 0.100. The summed E-state index contributed by atoms with van der Waals surface area (Å²) in [7, 11) is 0. The molecule has 0 atom stereocenters. The molecule has 0 aliphatic heterocycles. The van der Waals surface area contributed by atoms with E-state index in [1.54, 1.807) is 0 Å². The van der Waals surface area contributed by atoms with Gasteiger partial charge in [-0.3, -0.25) is 0 Å². The molecule has 8 rings (SSSR count). The molecular formula is C40H18F12N4. The summed E-state index contributed by atoms with van der Waals surface area (Å²) in [5.41, 5.74) is -2.52. The van der Waals surface area contributed by atoms with Crippen molar-refractivity contribution in [3.8, 4) is 44.5 Å². The molecule has 0 aliphatic carbocycles. The van der Waals surface area contributed by atoms with Crippen molar-refractivity contribution < 1.29 is 52.7 Å². The third-order valence-electron chi connectivity index (χ3n) is 9.40. The van der Waals surface area contributed by atoms with E-state index in [9.17, 15) is 52.7 Å². The van der Waals surface area contributed by atoms with Crippen LogP contribution in [0.3, 0.4) is 0 Å². The average molecular weight is 783 g/mol. The number of alkyl halides is 12. The van der Waals surface area contributed by atoms with Gasteiger partial charge in [0.25, 0.3) is 0 Å². The van der Waals surface area contributed by atoms with E-state index < -0.39 is 47.0 Å². The van der Waals surface area contributed by atoms with E-state index in [0.29, 0.717) is 0 Å². The second-order valence-corrected chi connectivity index (χ2v) is 12.7. The highest BCUT2D eigenvalue weighted by Crippen LogP contribution is 2.51. The first-order valence-corrected chi connectivity index (χ1v) is 16.2. The summed E-state index contributed by atoms with van der Waals surface area (Å²) < 4.78 is 164. The van der Waals surface area contributed by atoms with Gasteiger partial charge >= 0.3 is 24.7 Å². The van der Waals surface area contributed by atoms with E-state index in [4.69, 9.17) is 0 Å². The Kier molecular flexibility index (Phi) is 8.25. The van der Waals surface area contributed by atoms with Crippen LogP contribution in [0.25, 0.3) is 77.3 Å².